The van der Waals surface area contributed by atoms with Crippen molar-refractivity contribution in [3.63, 3.8) is 0 Å². The molecule has 8 nitrogen and oxygen atoms in total. The Kier molecular flexibility index (Phi) is 6.65. The van der Waals surface area contributed by atoms with E-state index in [1.807, 2.05) is 78.2 Å². The first kappa shape index (κ1) is 25.4. The molecule has 3 aliphatic heterocycles. The van der Waals surface area contributed by atoms with Gasteiger partial charge in [-0.2, -0.15) is 20.2 Å². The van der Waals surface area contributed by atoms with E-state index in [4.69, 9.17) is 0 Å². The Labute approximate surface area is 224 Å². The van der Waals surface area contributed by atoms with E-state index in [9.17, 15) is 9.59 Å². The Balaban J connectivity index is 1.25. The summed E-state index contributed by atoms with van der Waals surface area (Å²) in [5.74, 6) is -0.206. The van der Waals surface area contributed by atoms with E-state index in [1.165, 1.54) is 10.0 Å². The number of amides is 2. The highest BCUT2D eigenvalue weighted by Gasteiger charge is 2.32. The minimum Gasteiger partial charge on any atom is -0.373 e. The monoisotopic (exact) mass is 510 g/mol. The van der Waals surface area contributed by atoms with Gasteiger partial charge in [0, 0.05) is 38.6 Å². The average molecular weight is 511 g/mol. The molecular weight excluding hydrogens is 476 g/mol. The maximum Gasteiger partial charge on any atom is 0.282 e. The summed E-state index contributed by atoms with van der Waals surface area (Å²) < 4.78 is 0. The van der Waals surface area contributed by atoms with Gasteiger partial charge < -0.3 is 9.80 Å². The van der Waals surface area contributed by atoms with Crippen LogP contribution in [0.1, 0.15) is 36.1 Å². The number of benzene rings is 2. The van der Waals surface area contributed by atoms with Crippen LogP contribution in [0.15, 0.2) is 70.1 Å². The van der Waals surface area contributed by atoms with Crippen molar-refractivity contribution < 1.29 is 9.59 Å². The van der Waals surface area contributed by atoms with E-state index in [0.717, 1.165) is 71.2 Å². The van der Waals surface area contributed by atoms with E-state index >= 15 is 0 Å². The third kappa shape index (κ3) is 4.74. The molecule has 0 saturated carbocycles. The number of piperazine rings is 1. The van der Waals surface area contributed by atoms with Gasteiger partial charge in [0.25, 0.3) is 11.8 Å². The number of anilines is 2. The van der Waals surface area contributed by atoms with Gasteiger partial charge in [-0.3, -0.25) is 9.59 Å². The second-order valence-electron chi connectivity index (χ2n) is 10.3. The molecule has 0 aromatic heterocycles. The van der Waals surface area contributed by atoms with Crippen molar-refractivity contribution in [2.24, 2.45) is 10.2 Å². The molecule has 0 bridgehead atoms. The maximum absolute atomic E-state index is 13.2. The normalized spacial score (nSPS) is 20.3. The van der Waals surface area contributed by atoms with Gasteiger partial charge in [0.1, 0.15) is 0 Å². The first-order valence-corrected chi connectivity index (χ1v) is 13.0. The molecule has 5 rings (SSSR count). The molecule has 2 amide bonds. The van der Waals surface area contributed by atoms with Crippen LogP contribution in [0.25, 0.3) is 0 Å². The number of hydrogen-bond donors (Lipinski definition) is 0. The molecule has 2 aromatic rings. The number of nitrogens with zero attached hydrogens (tertiary/aromatic N) is 6. The molecule has 0 atom stereocenters. The highest BCUT2D eigenvalue weighted by molar-refractivity contribution is 6.30. The van der Waals surface area contributed by atoms with E-state index in [2.05, 4.69) is 32.1 Å². The first-order chi connectivity index (χ1) is 18.1. The molecule has 38 heavy (non-hydrogen) atoms. The van der Waals surface area contributed by atoms with Crippen molar-refractivity contribution in [3.05, 3.63) is 82.2 Å². The van der Waals surface area contributed by atoms with Gasteiger partial charge in [-0.15, -0.1) is 0 Å². The maximum atomic E-state index is 13.2. The molecule has 196 valence electrons. The van der Waals surface area contributed by atoms with Crippen LogP contribution in [0.3, 0.4) is 0 Å². The standard InChI is InChI=1S/C30H34N6O2/c1-19-7-9-27(21(3)15-19)35-29(37)25(23(5)31-35)17-33-11-13-34(14-12-33)18-26-24(6)32-36(30(26)38)28-10-8-20(2)16-22(28)4/h7-10,15-18H,11-14H2,1-6H3. The Morgan fingerprint density at radius 3 is 1.32 bits per heavy atom. The molecule has 0 spiro atoms. The highest BCUT2D eigenvalue weighted by atomic mass is 16.2. The predicted octanol–water partition coefficient (Wildman–Crippen LogP) is 4.45. The summed E-state index contributed by atoms with van der Waals surface area (Å²) in [5.41, 5.74) is 8.65. The fraction of sp³-hybridized carbons (Fsp3) is 0.333. The number of hydrogen-bond acceptors (Lipinski definition) is 6. The van der Waals surface area contributed by atoms with Gasteiger partial charge >= 0.3 is 0 Å². The van der Waals surface area contributed by atoms with Crippen LogP contribution in [0.2, 0.25) is 0 Å². The molecular formula is C30H34N6O2. The number of rotatable bonds is 4. The van der Waals surface area contributed by atoms with Crippen LogP contribution in [0.5, 0.6) is 0 Å². The van der Waals surface area contributed by atoms with Crippen LogP contribution in [-0.4, -0.2) is 59.2 Å². The van der Waals surface area contributed by atoms with Gasteiger partial charge in [0.05, 0.1) is 33.9 Å². The fourth-order valence-corrected chi connectivity index (χ4v) is 5.11. The van der Waals surface area contributed by atoms with Crippen molar-refractivity contribution in [2.45, 2.75) is 41.5 Å². The molecule has 0 aliphatic carbocycles. The number of aryl methyl sites for hydroxylation is 4. The minimum atomic E-state index is -0.103. The van der Waals surface area contributed by atoms with Crippen molar-refractivity contribution in [2.75, 3.05) is 36.2 Å². The van der Waals surface area contributed by atoms with Crippen LogP contribution >= 0.6 is 0 Å². The lowest BCUT2D eigenvalue weighted by Gasteiger charge is -2.34. The molecule has 1 fully saturated rings. The van der Waals surface area contributed by atoms with Gasteiger partial charge in [-0.25, -0.2) is 0 Å². The van der Waals surface area contributed by atoms with E-state index in [1.54, 1.807) is 0 Å². The second kappa shape index (κ2) is 9.93. The van der Waals surface area contributed by atoms with Gasteiger partial charge in [-0.05, 0) is 64.8 Å². The summed E-state index contributed by atoms with van der Waals surface area (Å²) in [6.07, 6.45) is 3.87. The van der Waals surface area contributed by atoms with E-state index in [0.29, 0.717) is 11.1 Å². The van der Waals surface area contributed by atoms with E-state index in [-0.39, 0.29) is 11.8 Å². The molecule has 1 saturated heterocycles. The summed E-state index contributed by atoms with van der Waals surface area (Å²) in [6.45, 7) is 14.8. The molecule has 0 unspecified atom stereocenters. The SMILES string of the molecule is CC1=NN(c2ccc(C)cc2C)C(=O)C1=CN1CCN(C=C2C(=O)N(c3ccc(C)cc3C)N=C2C)CC1. The highest BCUT2D eigenvalue weighted by Crippen LogP contribution is 2.29. The second-order valence-corrected chi connectivity index (χ2v) is 10.3. The van der Waals surface area contributed by atoms with E-state index < -0.39 is 0 Å². The Morgan fingerprint density at radius 2 is 0.974 bits per heavy atom. The third-order valence-corrected chi connectivity index (χ3v) is 7.26. The smallest absolute Gasteiger partial charge is 0.282 e. The minimum absolute atomic E-state index is 0.103. The quantitative estimate of drug-likeness (QED) is 0.570. The van der Waals surface area contributed by atoms with Crippen molar-refractivity contribution in [1.29, 1.82) is 0 Å². The Hall–Kier alpha value is -4.20. The molecule has 8 heteroatoms. The average Bonchev–Trinajstić information content (AvgIpc) is 3.30. The largest absolute Gasteiger partial charge is 0.373 e. The van der Waals surface area contributed by atoms with Crippen molar-refractivity contribution >= 4 is 34.6 Å². The summed E-state index contributed by atoms with van der Waals surface area (Å²) in [6, 6.07) is 12.0. The lowest BCUT2D eigenvalue weighted by Crippen LogP contribution is -2.42. The molecule has 3 heterocycles. The van der Waals surface area contributed by atoms with Crippen molar-refractivity contribution in [1.82, 2.24) is 9.80 Å². The zero-order chi connectivity index (χ0) is 27.1. The first-order valence-electron chi connectivity index (χ1n) is 13.0. The zero-order valence-corrected chi connectivity index (χ0v) is 22.9. The molecule has 3 aliphatic rings. The molecule has 2 aromatic carbocycles. The fourth-order valence-electron chi connectivity index (χ4n) is 5.11. The molecule has 0 N–H and O–H groups in total. The Bertz CT molecular complexity index is 1330. The third-order valence-electron chi connectivity index (χ3n) is 7.26. The van der Waals surface area contributed by atoms with Crippen molar-refractivity contribution in [3.8, 4) is 0 Å². The number of hydrazone groups is 2. The molecule has 0 radical (unpaired) electrons. The lowest BCUT2D eigenvalue weighted by atomic mass is 10.1. The number of carbonyl (C=O) groups is 2. The Morgan fingerprint density at radius 1 is 0.605 bits per heavy atom. The summed E-state index contributed by atoms with van der Waals surface area (Å²) in [5, 5.41) is 12.1. The summed E-state index contributed by atoms with van der Waals surface area (Å²) >= 11 is 0. The van der Waals surface area contributed by atoms with Crippen LogP contribution in [-0.2, 0) is 9.59 Å². The van der Waals surface area contributed by atoms with Gasteiger partial charge in [0.2, 0.25) is 0 Å². The van der Waals surface area contributed by atoms with Gasteiger partial charge in [-0.1, -0.05) is 35.4 Å². The van der Waals surface area contributed by atoms with Crippen LogP contribution in [0.4, 0.5) is 11.4 Å². The topological polar surface area (TPSA) is 71.8 Å². The van der Waals surface area contributed by atoms with Crippen LogP contribution < -0.4 is 10.0 Å². The zero-order valence-electron chi connectivity index (χ0n) is 22.9. The summed E-state index contributed by atoms with van der Waals surface area (Å²) in [7, 11) is 0. The predicted molar refractivity (Wildman–Crippen MR) is 152 cm³/mol. The lowest BCUT2D eigenvalue weighted by molar-refractivity contribution is -0.115. The number of carbonyl (C=O) groups excluding carboxylic acids is 2. The van der Waals surface area contributed by atoms with Gasteiger partial charge in [0.15, 0.2) is 0 Å². The van der Waals surface area contributed by atoms with Crippen LogP contribution in [0, 0.1) is 27.7 Å². The summed E-state index contributed by atoms with van der Waals surface area (Å²) in [4.78, 5) is 30.8.